The summed E-state index contributed by atoms with van der Waals surface area (Å²) in [7, 11) is 0. The number of carbonyl (C=O) groups excluding carboxylic acids is 1. The lowest BCUT2D eigenvalue weighted by Crippen LogP contribution is -2.05. The molecule has 1 atom stereocenters. The van der Waals surface area contributed by atoms with E-state index in [1.54, 1.807) is 0 Å². The van der Waals surface area contributed by atoms with Gasteiger partial charge < -0.3 is 4.74 Å². The molecule has 3 rings (SSSR count). The van der Waals surface area contributed by atoms with Gasteiger partial charge in [-0.15, -0.1) is 0 Å². The molecule has 3 aromatic rings. The number of benzene rings is 3. The molecule has 0 spiro atoms. The molecule has 0 aromatic heterocycles. The fraction of sp³-hybridized carbons (Fsp3) is 0.485. The van der Waals surface area contributed by atoms with Crippen molar-refractivity contribution in [2.24, 2.45) is 5.92 Å². The molecular formula is C33H44O2. The third kappa shape index (κ3) is 9.17. The first kappa shape index (κ1) is 27.0. The largest absolute Gasteiger partial charge is 0.489 e. The van der Waals surface area contributed by atoms with Crippen LogP contribution in [0.4, 0.5) is 0 Å². The van der Waals surface area contributed by atoms with Gasteiger partial charge in [0.05, 0.1) is 0 Å². The Morgan fingerprint density at radius 3 is 2.09 bits per heavy atom. The van der Waals surface area contributed by atoms with E-state index in [1.807, 2.05) is 24.3 Å². The molecule has 3 aromatic carbocycles. The number of rotatable bonds is 16. The van der Waals surface area contributed by atoms with Gasteiger partial charge in [0.25, 0.3) is 0 Å². The number of ether oxygens (including phenoxy) is 1. The molecule has 0 amide bonds. The highest BCUT2D eigenvalue weighted by molar-refractivity contribution is 5.96. The maximum absolute atomic E-state index is 12.4. The predicted octanol–water partition coefficient (Wildman–Crippen LogP) is 9.72. The van der Waals surface area contributed by atoms with Crippen molar-refractivity contribution in [1.82, 2.24) is 0 Å². The quantitative estimate of drug-likeness (QED) is 0.153. The minimum absolute atomic E-state index is 0.225. The van der Waals surface area contributed by atoms with Gasteiger partial charge in [0, 0.05) is 12.0 Å². The molecule has 0 radical (unpaired) electrons. The van der Waals surface area contributed by atoms with Crippen molar-refractivity contribution in [2.45, 2.75) is 98.0 Å². The standard InChI is InChI=1S/C33H44O2/c1-4-6-7-8-9-10-11-12-13-27-14-19-31-24-32(21-20-30(31)23-27)35-25-28-15-17-29(18-16-28)33(34)22-26(3)5-2/h14-21,23-24,26H,4-13,22,25H2,1-3H3/t26-/m1/s1. The number of ketones is 1. The van der Waals surface area contributed by atoms with Crippen LogP contribution < -0.4 is 4.74 Å². The average Bonchev–Trinajstić information content (AvgIpc) is 2.89. The lowest BCUT2D eigenvalue weighted by molar-refractivity contribution is 0.0963. The molecular weight excluding hydrogens is 428 g/mol. The maximum Gasteiger partial charge on any atom is 0.163 e. The Morgan fingerprint density at radius 2 is 1.37 bits per heavy atom. The van der Waals surface area contributed by atoms with E-state index in [4.69, 9.17) is 4.74 Å². The Balaban J connectivity index is 1.45. The van der Waals surface area contributed by atoms with Gasteiger partial charge in [0.15, 0.2) is 5.78 Å². The summed E-state index contributed by atoms with van der Waals surface area (Å²) in [5.74, 6) is 1.54. The van der Waals surface area contributed by atoms with Crippen molar-refractivity contribution < 1.29 is 9.53 Å². The van der Waals surface area contributed by atoms with Crippen LogP contribution in [0, 0.1) is 5.92 Å². The van der Waals surface area contributed by atoms with Gasteiger partial charge in [-0.2, -0.15) is 0 Å². The second-order valence-corrected chi connectivity index (χ2v) is 10.2. The van der Waals surface area contributed by atoms with Gasteiger partial charge in [-0.1, -0.05) is 121 Å². The minimum atomic E-state index is 0.225. The van der Waals surface area contributed by atoms with E-state index in [-0.39, 0.29) is 5.78 Å². The summed E-state index contributed by atoms with van der Waals surface area (Å²) < 4.78 is 6.05. The highest BCUT2D eigenvalue weighted by Gasteiger charge is 2.10. The van der Waals surface area contributed by atoms with Crippen molar-refractivity contribution in [3.8, 4) is 5.75 Å². The monoisotopic (exact) mass is 472 g/mol. The predicted molar refractivity (Wildman–Crippen MR) is 149 cm³/mol. The Hall–Kier alpha value is -2.61. The number of aryl methyl sites for hydroxylation is 1. The summed E-state index contributed by atoms with van der Waals surface area (Å²) in [4.78, 5) is 12.4. The average molecular weight is 473 g/mol. The SMILES string of the molecule is CCCCCCCCCCc1ccc2cc(OCc3ccc(C(=O)C[C@H](C)CC)cc3)ccc2c1. The Bertz CT molecular complexity index is 1030. The van der Waals surface area contributed by atoms with Crippen molar-refractivity contribution in [1.29, 1.82) is 0 Å². The summed E-state index contributed by atoms with van der Waals surface area (Å²) in [6.45, 7) is 7.03. The lowest BCUT2D eigenvalue weighted by atomic mass is 9.97. The maximum atomic E-state index is 12.4. The summed E-state index contributed by atoms with van der Waals surface area (Å²) in [6, 6.07) is 21.0. The Morgan fingerprint density at radius 1 is 0.743 bits per heavy atom. The number of unbranched alkanes of at least 4 members (excludes halogenated alkanes) is 7. The van der Waals surface area contributed by atoms with Crippen LogP contribution in [0.25, 0.3) is 10.8 Å². The van der Waals surface area contributed by atoms with Crippen LogP contribution in [-0.4, -0.2) is 5.78 Å². The van der Waals surface area contributed by atoms with Crippen molar-refractivity contribution in [3.63, 3.8) is 0 Å². The third-order valence-corrected chi connectivity index (χ3v) is 7.11. The molecule has 188 valence electrons. The second kappa shape index (κ2) is 14.7. The molecule has 0 unspecified atom stereocenters. The molecule has 2 heteroatoms. The highest BCUT2D eigenvalue weighted by atomic mass is 16.5. The number of hydrogen-bond acceptors (Lipinski definition) is 2. The minimum Gasteiger partial charge on any atom is -0.489 e. The van der Waals surface area contributed by atoms with E-state index >= 15 is 0 Å². The molecule has 0 heterocycles. The zero-order chi connectivity index (χ0) is 24.9. The third-order valence-electron chi connectivity index (χ3n) is 7.11. The summed E-state index contributed by atoms with van der Waals surface area (Å²) in [6.07, 6.45) is 13.7. The molecule has 0 saturated heterocycles. The van der Waals surface area contributed by atoms with Crippen LogP contribution in [0.5, 0.6) is 5.75 Å². The van der Waals surface area contributed by atoms with Gasteiger partial charge >= 0.3 is 0 Å². The number of Topliss-reactive ketones (excluding diaryl/α,β-unsaturated/α-hetero) is 1. The van der Waals surface area contributed by atoms with Gasteiger partial charge in [-0.05, 0) is 52.8 Å². The molecule has 0 N–H and O–H groups in total. The fourth-order valence-corrected chi connectivity index (χ4v) is 4.51. The van der Waals surface area contributed by atoms with E-state index in [1.165, 1.54) is 74.1 Å². The zero-order valence-electron chi connectivity index (χ0n) is 22.2. The molecule has 0 bridgehead atoms. The van der Waals surface area contributed by atoms with Gasteiger partial charge in [0.2, 0.25) is 0 Å². The van der Waals surface area contributed by atoms with Gasteiger partial charge in [-0.25, -0.2) is 0 Å². The van der Waals surface area contributed by atoms with Gasteiger partial charge in [0.1, 0.15) is 12.4 Å². The van der Waals surface area contributed by atoms with E-state index in [0.717, 1.165) is 23.3 Å². The van der Waals surface area contributed by atoms with Crippen LogP contribution in [0.1, 0.15) is 106 Å². The van der Waals surface area contributed by atoms with Crippen LogP contribution >= 0.6 is 0 Å². The molecule has 0 aliphatic heterocycles. The molecule has 35 heavy (non-hydrogen) atoms. The second-order valence-electron chi connectivity index (χ2n) is 10.2. The van der Waals surface area contributed by atoms with Gasteiger partial charge in [-0.3, -0.25) is 4.79 Å². The first-order valence-corrected chi connectivity index (χ1v) is 13.9. The number of fused-ring (bicyclic) bond motifs is 1. The lowest BCUT2D eigenvalue weighted by Gasteiger charge is -2.10. The summed E-state index contributed by atoms with van der Waals surface area (Å²) in [5.41, 5.74) is 3.30. The summed E-state index contributed by atoms with van der Waals surface area (Å²) >= 11 is 0. The van der Waals surface area contributed by atoms with E-state index in [2.05, 4.69) is 57.2 Å². The molecule has 0 aliphatic carbocycles. The van der Waals surface area contributed by atoms with Crippen molar-refractivity contribution >= 4 is 16.6 Å². The van der Waals surface area contributed by atoms with E-state index < -0.39 is 0 Å². The first-order valence-electron chi connectivity index (χ1n) is 13.9. The van der Waals surface area contributed by atoms with Crippen LogP contribution in [0.15, 0.2) is 60.7 Å². The number of hydrogen-bond donors (Lipinski definition) is 0. The number of carbonyl (C=O) groups is 1. The van der Waals surface area contributed by atoms with Crippen LogP contribution in [0.3, 0.4) is 0 Å². The van der Waals surface area contributed by atoms with E-state index in [0.29, 0.717) is 18.9 Å². The molecule has 0 fully saturated rings. The molecule has 0 aliphatic rings. The highest BCUT2D eigenvalue weighted by Crippen LogP contribution is 2.24. The van der Waals surface area contributed by atoms with Crippen molar-refractivity contribution in [2.75, 3.05) is 0 Å². The van der Waals surface area contributed by atoms with E-state index in [9.17, 15) is 4.79 Å². The topological polar surface area (TPSA) is 26.3 Å². The zero-order valence-corrected chi connectivity index (χ0v) is 22.2. The normalized spacial score (nSPS) is 12.1. The smallest absolute Gasteiger partial charge is 0.163 e. The Kier molecular flexibility index (Phi) is 11.3. The molecule has 0 saturated carbocycles. The Labute approximate surface area is 213 Å². The molecule has 2 nitrogen and oxygen atoms in total. The van der Waals surface area contributed by atoms with Crippen molar-refractivity contribution in [3.05, 3.63) is 77.4 Å². The summed E-state index contributed by atoms with van der Waals surface area (Å²) in [5, 5.41) is 2.49. The van der Waals surface area contributed by atoms with Crippen LogP contribution in [0.2, 0.25) is 0 Å². The fourth-order valence-electron chi connectivity index (χ4n) is 4.51. The van der Waals surface area contributed by atoms with Crippen LogP contribution in [-0.2, 0) is 13.0 Å². The first-order chi connectivity index (χ1) is 17.1.